The van der Waals surface area contributed by atoms with Crippen LogP contribution in [0.1, 0.15) is 21.5 Å². The number of benzene rings is 1. The molecule has 1 amide bonds. The number of aliphatic hydroxyl groups excluding tert-OH is 2. The van der Waals surface area contributed by atoms with Crippen molar-refractivity contribution in [2.75, 3.05) is 13.2 Å². The Labute approximate surface area is 94.9 Å². The van der Waals surface area contributed by atoms with Crippen molar-refractivity contribution in [1.29, 1.82) is 0 Å². The highest BCUT2D eigenvalue weighted by molar-refractivity contribution is 5.95. The van der Waals surface area contributed by atoms with Gasteiger partial charge in [-0.1, -0.05) is 17.7 Å². The number of nitrogens with one attached hydrogen (secondary N) is 1. The van der Waals surface area contributed by atoms with Gasteiger partial charge in [0.1, 0.15) is 0 Å². The Morgan fingerprint density at radius 3 is 2.75 bits per heavy atom. The first kappa shape index (κ1) is 12.7. The van der Waals surface area contributed by atoms with E-state index in [2.05, 4.69) is 5.32 Å². The summed E-state index contributed by atoms with van der Waals surface area (Å²) in [7, 11) is 0. The van der Waals surface area contributed by atoms with E-state index in [4.69, 9.17) is 10.2 Å². The smallest absolute Gasteiger partial charge is 0.251 e. The summed E-state index contributed by atoms with van der Waals surface area (Å²) in [6, 6.07) is 5.62. The number of hydrogen-bond acceptors (Lipinski definition) is 3. The van der Waals surface area contributed by atoms with E-state index in [1.165, 1.54) is 0 Å². The van der Waals surface area contributed by atoms with Gasteiger partial charge in [0.2, 0.25) is 0 Å². The Hall–Kier alpha value is -1.39. The normalized spacial score (nSPS) is 12.2. The van der Waals surface area contributed by atoms with Crippen molar-refractivity contribution in [3.05, 3.63) is 34.9 Å². The van der Waals surface area contributed by atoms with Gasteiger partial charge >= 0.3 is 0 Å². The van der Waals surface area contributed by atoms with E-state index < -0.39 is 6.10 Å². The fraction of sp³-hybridized carbons (Fsp3) is 0.417. The number of hydrogen-bond donors (Lipinski definition) is 3. The first-order chi connectivity index (χ1) is 7.54. The second-order valence-corrected chi connectivity index (χ2v) is 3.86. The lowest BCUT2D eigenvalue weighted by Crippen LogP contribution is -2.34. The van der Waals surface area contributed by atoms with Crippen LogP contribution in [0.15, 0.2) is 18.2 Å². The molecule has 0 radical (unpaired) electrons. The molecule has 0 aliphatic heterocycles. The van der Waals surface area contributed by atoms with Gasteiger partial charge in [-0.25, -0.2) is 0 Å². The molecular weight excluding hydrogens is 206 g/mol. The van der Waals surface area contributed by atoms with Crippen LogP contribution >= 0.6 is 0 Å². The van der Waals surface area contributed by atoms with Gasteiger partial charge in [0.15, 0.2) is 0 Å². The molecule has 16 heavy (non-hydrogen) atoms. The fourth-order valence-electron chi connectivity index (χ4n) is 1.35. The SMILES string of the molecule is Cc1ccc(C)c(C(=O)NCC(O)CO)c1. The second kappa shape index (κ2) is 5.63. The molecule has 1 aromatic rings. The Morgan fingerprint density at radius 1 is 1.44 bits per heavy atom. The third-order valence-corrected chi connectivity index (χ3v) is 2.35. The minimum Gasteiger partial charge on any atom is -0.394 e. The standard InChI is InChI=1S/C12H17NO3/c1-8-3-4-9(2)11(5-8)12(16)13-6-10(15)7-14/h3-5,10,14-15H,6-7H2,1-2H3,(H,13,16). The molecule has 0 fully saturated rings. The molecular formula is C12H17NO3. The summed E-state index contributed by atoms with van der Waals surface area (Å²) in [5, 5.41) is 20.3. The summed E-state index contributed by atoms with van der Waals surface area (Å²) in [5.74, 6) is -0.228. The highest BCUT2D eigenvalue weighted by Crippen LogP contribution is 2.10. The van der Waals surface area contributed by atoms with Crippen LogP contribution in [0.3, 0.4) is 0 Å². The molecule has 0 bridgehead atoms. The summed E-state index contributed by atoms with van der Waals surface area (Å²) in [6.07, 6.45) is -0.908. The van der Waals surface area contributed by atoms with Crippen LogP contribution in [0.25, 0.3) is 0 Å². The number of aryl methyl sites for hydroxylation is 2. The van der Waals surface area contributed by atoms with E-state index in [-0.39, 0.29) is 19.1 Å². The van der Waals surface area contributed by atoms with E-state index in [1.54, 1.807) is 6.07 Å². The summed E-state index contributed by atoms with van der Waals surface area (Å²) >= 11 is 0. The van der Waals surface area contributed by atoms with Gasteiger partial charge in [-0.15, -0.1) is 0 Å². The van der Waals surface area contributed by atoms with Gasteiger partial charge in [0, 0.05) is 12.1 Å². The molecule has 0 saturated carbocycles. The van der Waals surface area contributed by atoms with Gasteiger partial charge in [-0.2, -0.15) is 0 Å². The van der Waals surface area contributed by atoms with Crippen molar-refractivity contribution in [3.8, 4) is 0 Å². The summed E-state index contributed by atoms with van der Waals surface area (Å²) < 4.78 is 0. The summed E-state index contributed by atoms with van der Waals surface area (Å²) in [4.78, 5) is 11.7. The van der Waals surface area contributed by atoms with Crippen LogP contribution in [0.5, 0.6) is 0 Å². The number of rotatable bonds is 4. The van der Waals surface area contributed by atoms with Crippen LogP contribution in [0, 0.1) is 13.8 Å². The third kappa shape index (κ3) is 3.32. The number of aliphatic hydroxyl groups is 2. The van der Waals surface area contributed by atoms with E-state index in [1.807, 2.05) is 26.0 Å². The summed E-state index contributed by atoms with van der Waals surface area (Å²) in [6.45, 7) is 3.48. The lowest BCUT2D eigenvalue weighted by atomic mass is 10.1. The van der Waals surface area contributed by atoms with Crippen molar-refractivity contribution < 1.29 is 15.0 Å². The Bertz CT molecular complexity index is 377. The molecule has 4 nitrogen and oxygen atoms in total. The van der Waals surface area contributed by atoms with Gasteiger partial charge < -0.3 is 15.5 Å². The zero-order valence-corrected chi connectivity index (χ0v) is 9.53. The van der Waals surface area contributed by atoms with Crippen LogP contribution in [-0.4, -0.2) is 35.4 Å². The van der Waals surface area contributed by atoms with Crippen LogP contribution in [-0.2, 0) is 0 Å². The van der Waals surface area contributed by atoms with Gasteiger partial charge in [-0.3, -0.25) is 4.79 Å². The van der Waals surface area contributed by atoms with Crippen molar-refractivity contribution in [1.82, 2.24) is 5.32 Å². The van der Waals surface area contributed by atoms with Gasteiger partial charge in [-0.05, 0) is 25.5 Å². The van der Waals surface area contributed by atoms with Crippen molar-refractivity contribution in [3.63, 3.8) is 0 Å². The minimum absolute atomic E-state index is 0.0582. The average Bonchev–Trinajstić information content (AvgIpc) is 2.28. The molecule has 1 atom stereocenters. The fourth-order valence-corrected chi connectivity index (χ4v) is 1.35. The molecule has 88 valence electrons. The van der Waals surface area contributed by atoms with E-state index in [0.717, 1.165) is 11.1 Å². The molecule has 4 heteroatoms. The van der Waals surface area contributed by atoms with Crippen LogP contribution < -0.4 is 5.32 Å². The van der Waals surface area contributed by atoms with E-state index in [9.17, 15) is 4.79 Å². The second-order valence-electron chi connectivity index (χ2n) is 3.86. The van der Waals surface area contributed by atoms with E-state index >= 15 is 0 Å². The quantitative estimate of drug-likeness (QED) is 0.691. The van der Waals surface area contributed by atoms with Gasteiger partial charge in [0.05, 0.1) is 12.7 Å². The molecule has 0 heterocycles. The molecule has 0 aromatic heterocycles. The number of amides is 1. The molecule has 3 N–H and O–H groups in total. The maximum absolute atomic E-state index is 11.7. The molecule has 0 aliphatic carbocycles. The van der Waals surface area contributed by atoms with E-state index in [0.29, 0.717) is 5.56 Å². The zero-order chi connectivity index (χ0) is 12.1. The number of carbonyl (C=O) groups is 1. The van der Waals surface area contributed by atoms with Crippen molar-refractivity contribution in [2.45, 2.75) is 20.0 Å². The molecule has 1 unspecified atom stereocenters. The number of carbonyl (C=O) groups excluding carboxylic acids is 1. The Kier molecular flexibility index (Phi) is 4.46. The molecule has 0 spiro atoms. The van der Waals surface area contributed by atoms with Crippen molar-refractivity contribution >= 4 is 5.91 Å². The zero-order valence-electron chi connectivity index (χ0n) is 9.53. The monoisotopic (exact) mass is 223 g/mol. The maximum atomic E-state index is 11.7. The lowest BCUT2D eigenvalue weighted by Gasteiger charge is -2.11. The largest absolute Gasteiger partial charge is 0.394 e. The maximum Gasteiger partial charge on any atom is 0.251 e. The average molecular weight is 223 g/mol. The predicted molar refractivity (Wildman–Crippen MR) is 61.3 cm³/mol. The molecule has 1 aromatic carbocycles. The predicted octanol–water partition coefficient (Wildman–Crippen LogP) is 0.386. The Balaban J connectivity index is 2.69. The molecule has 0 aliphatic rings. The highest BCUT2D eigenvalue weighted by Gasteiger charge is 2.10. The first-order valence-corrected chi connectivity index (χ1v) is 5.19. The topological polar surface area (TPSA) is 69.6 Å². The Morgan fingerprint density at radius 2 is 2.12 bits per heavy atom. The van der Waals surface area contributed by atoms with Crippen LogP contribution in [0.2, 0.25) is 0 Å². The van der Waals surface area contributed by atoms with Crippen molar-refractivity contribution in [2.24, 2.45) is 0 Å². The highest BCUT2D eigenvalue weighted by atomic mass is 16.3. The first-order valence-electron chi connectivity index (χ1n) is 5.19. The molecule has 0 saturated heterocycles. The lowest BCUT2D eigenvalue weighted by molar-refractivity contribution is 0.0801. The minimum atomic E-state index is -0.908. The molecule has 1 rings (SSSR count). The van der Waals surface area contributed by atoms with Gasteiger partial charge in [0.25, 0.3) is 5.91 Å². The third-order valence-electron chi connectivity index (χ3n) is 2.35. The summed E-state index contributed by atoms with van der Waals surface area (Å²) in [5.41, 5.74) is 2.50. The van der Waals surface area contributed by atoms with Crippen LogP contribution in [0.4, 0.5) is 0 Å².